The topological polar surface area (TPSA) is 93.5 Å². The Labute approximate surface area is 163 Å². The summed E-state index contributed by atoms with van der Waals surface area (Å²) < 4.78 is 38.7. The number of tetrazole rings is 1. The van der Waals surface area contributed by atoms with E-state index in [9.17, 15) is 22.8 Å². The minimum absolute atomic E-state index is 0.0282. The van der Waals surface area contributed by atoms with Gasteiger partial charge in [-0.25, -0.2) is 0 Å². The molecule has 29 heavy (non-hydrogen) atoms. The predicted molar refractivity (Wildman–Crippen MR) is 97.6 cm³/mol. The van der Waals surface area contributed by atoms with Crippen LogP contribution >= 0.6 is 0 Å². The van der Waals surface area contributed by atoms with Gasteiger partial charge in [-0.05, 0) is 50.6 Å². The number of Topliss-reactive ketones (excluding diaryl/α,β-unsaturated/α-hetero) is 2. The highest BCUT2D eigenvalue weighted by atomic mass is 19.4. The molecule has 2 heterocycles. The van der Waals surface area contributed by atoms with Crippen molar-refractivity contribution in [3.8, 4) is 11.4 Å². The van der Waals surface area contributed by atoms with Crippen LogP contribution in [0, 0.1) is 13.8 Å². The Hall–Kier alpha value is -3.30. The zero-order valence-corrected chi connectivity index (χ0v) is 16.1. The maximum absolute atomic E-state index is 12.9. The van der Waals surface area contributed by atoms with Gasteiger partial charge in [0.25, 0.3) is 0 Å². The summed E-state index contributed by atoms with van der Waals surface area (Å²) in [6.07, 6.45) is -4.49. The monoisotopic (exact) mass is 405 g/mol. The molecule has 0 bridgehead atoms. The molecular formula is C19H18F3N5O2. The molecule has 10 heteroatoms. The second kappa shape index (κ2) is 7.26. The first-order valence-electron chi connectivity index (χ1n) is 8.72. The molecule has 0 aliphatic heterocycles. The molecule has 2 aromatic heterocycles. The first-order valence-corrected chi connectivity index (χ1v) is 8.72. The van der Waals surface area contributed by atoms with E-state index in [-0.39, 0.29) is 28.6 Å². The number of nitrogens with one attached hydrogen (secondary N) is 1. The van der Waals surface area contributed by atoms with Gasteiger partial charge >= 0.3 is 6.18 Å². The minimum atomic E-state index is -4.49. The SMILES string of the molecule is CC(=O)c1c(C)[nH]c(C(=O)[C@H](C)n2nnc(-c3cccc(C(F)(F)F)c3)n2)c1C. The lowest BCUT2D eigenvalue weighted by molar-refractivity contribution is -0.137. The van der Waals surface area contributed by atoms with Crippen molar-refractivity contribution in [3.05, 3.63) is 52.3 Å². The third-order valence-corrected chi connectivity index (χ3v) is 4.64. The van der Waals surface area contributed by atoms with Crippen molar-refractivity contribution in [2.75, 3.05) is 0 Å². The van der Waals surface area contributed by atoms with Crippen LogP contribution in [0.2, 0.25) is 0 Å². The molecule has 0 fully saturated rings. The van der Waals surface area contributed by atoms with Crippen LogP contribution in [0.5, 0.6) is 0 Å². The van der Waals surface area contributed by atoms with Crippen molar-refractivity contribution >= 4 is 11.6 Å². The minimum Gasteiger partial charge on any atom is -0.355 e. The zero-order chi connectivity index (χ0) is 21.5. The number of alkyl halides is 3. The summed E-state index contributed by atoms with van der Waals surface area (Å²) in [5, 5.41) is 11.7. The van der Waals surface area contributed by atoms with Gasteiger partial charge in [-0.2, -0.15) is 18.0 Å². The van der Waals surface area contributed by atoms with Crippen molar-refractivity contribution in [2.45, 2.75) is 39.9 Å². The number of ketones is 2. The highest BCUT2D eigenvalue weighted by Crippen LogP contribution is 2.31. The van der Waals surface area contributed by atoms with E-state index in [0.717, 1.165) is 16.9 Å². The van der Waals surface area contributed by atoms with Gasteiger partial charge in [0.2, 0.25) is 11.6 Å². The highest BCUT2D eigenvalue weighted by Gasteiger charge is 2.31. The van der Waals surface area contributed by atoms with Gasteiger partial charge in [0.1, 0.15) is 6.04 Å². The van der Waals surface area contributed by atoms with Gasteiger partial charge in [-0.3, -0.25) is 9.59 Å². The van der Waals surface area contributed by atoms with Crippen molar-refractivity contribution in [2.24, 2.45) is 0 Å². The van der Waals surface area contributed by atoms with Crippen LogP contribution in [0.4, 0.5) is 13.2 Å². The number of rotatable bonds is 5. The standard InChI is InChI=1S/C19H18F3N5O2/c1-9-15(12(4)28)10(2)23-16(9)17(29)11(3)27-25-18(24-26-27)13-6-5-7-14(8-13)19(20,21)22/h5-8,11,23H,1-4H3/t11-/m0/s1. The Morgan fingerprint density at radius 1 is 1.21 bits per heavy atom. The molecule has 1 N–H and O–H groups in total. The molecule has 7 nitrogen and oxygen atoms in total. The van der Waals surface area contributed by atoms with Crippen LogP contribution in [-0.4, -0.2) is 36.8 Å². The van der Waals surface area contributed by atoms with Crippen LogP contribution in [0.25, 0.3) is 11.4 Å². The van der Waals surface area contributed by atoms with E-state index >= 15 is 0 Å². The first kappa shape index (κ1) is 20.4. The number of carbonyl (C=O) groups excluding carboxylic acids is 2. The summed E-state index contributed by atoms with van der Waals surface area (Å²) in [5.74, 6) is -0.556. The fraction of sp³-hybridized carbons (Fsp3) is 0.316. The first-order chi connectivity index (χ1) is 13.5. The molecule has 0 saturated heterocycles. The molecular weight excluding hydrogens is 387 g/mol. The third kappa shape index (κ3) is 3.82. The summed E-state index contributed by atoms with van der Waals surface area (Å²) in [7, 11) is 0. The number of hydrogen-bond donors (Lipinski definition) is 1. The van der Waals surface area contributed by atoms with E-state index in [1.807, 2.05) is 0 Å². The smallest absolute Gasteiger partial charge is 0.355 e. The maximum Gasteiger partial charge on any atom is 0.416 e. The molecule has 1 aromatic carbocycles. The Morgan fingerprint density at radius 2 is 1.90 bits per heavy atom. The number of aryl methyl sites for hydroxylation is 1. The molecule has 0 unspecified atom stereocenters. The number of aromatic nitrogens is 5. The molecule has 3 rings (SSSR count). The lowest BCUT2D eigenvalue weighted by atomic mass is 10.0. The molecule has 3 aromatic rings. The second-order valence-electron chi connectivity index (χ2n) is 6.73. The Kier molecular flexibility index (Phi) is 5.12. The second-order valence-corrected chi connectivity index (χ2v) is 6.73. The van der Waals surface area contributed by atoms with E-state index in [1.165, 1.54) is 19.1 Å². The Morgan fingerprint density at radius 3 is 2.48 bits per heavy atom. The summed E-state index contributed by atoms with van der Waals surface area (Å²) in [6, 6.07) is 3.68. The molecule has 0 radical (unpaired) electrons. The van der Waals surface area contributed by atoms with Crippen molar-refractivity contribution in [1.29, 1.82) is 0 Å². The molecule has 0 spiro atoms. The van der Waals surface area contributed by atoms with Crippen molar-refractivity contribution in [3.63, 3.8) is 0 Å². The van der Waals surface area contributed by atoms with Gasteiger partial charge in [-0.1, -0.05) is 12.1 Å². The largest absolute Gasteiger partial charge is 0.416 e. The number of benzene rings is 1. The van der Waals surface area contributed by atoms with Crippen molar-refractivity contribution < 1.29 is 22.8 Å². The number of nitrogens with zero attached hydrogens (tertiary/aromatic N) is 4. The molecule has 152 valence electrons. The zero-order valence-electron chi connectivity index (χ0n) is 16.1. The normalized spacial score (nSPS) is 12.8. The molecule has 0 aliphatic rings. The number of H-pyrrole nitrogens is 1. The van der Waals surface area contributed by atoms with Crippen molar-refractivity contribution in [1.82, 2.24) is 25.2 Å². The summed E-state index contributed by atoms with van der Waals surface area (Å²) in [4.78, 5) is 28.6. The fourth-order valence-electron chi connectivity index (χ4n) is 3.18. The van der Waals surface area contributed by atoms with Gasteiger partial charge < -0.3 is 4.98 Å². The lowest BCUT2D eigenvalue weighted by Gasteiger charge is -2.09. The van der Waals surface area contributed by atoms with Gasteiger partial charge in [0.05, 0.1) is 11.3 Å². The number of aromatic amines is 1. The van der Waals surface area contributed by atoms with Gasteiger partial charge in [0.15, 0.2) is 5.78 Å². The summed E-state index contributed by atoms with van der Waals surface area (Å²) >= 11 is 0. The van der Waals surface area contributed by atoms with E-state index in [0.29, 0.717) is 16.8 Å². The summed E-state index contributed by atoms with van der Waals surface area (Å²) in [5.41, 5.74) is 1.14. The van der Waals surface area contributed by atoms with Crippen LogP contribution in [-0.2, 0) is 6.18 Å². The third-order valence-electron chi connectivity index (χ3n) is 4.64. The lowest BCUT2D eigenvalue weighted by Crippen LogP contribution is -2.20. The van der Waals surface area contributed by atoms with Gasteiger partial charge in [-0.15, -0.1) is 10.2 Å². The van der Waals surface area contributed by atoms with Gasteiger partial charge in [0, 0.05) is 16.8 Å². The predicted octanol–water partition coefficient (Wildman–Crippen LogP) is 3.95. The van der Waals surface area contributed by atoms with E-state index in [4.69, 9.17) is 0 Å². The van der Waals surface area contributed by atoms with Crippen LogP contribution in [0.15, 0.2) is 24.3 Å². The highest BCUT2D eigenvalue weighted by molar-refractivity contribution is 6.04. The van der Waals surface area contributed by atoms with Crippen LogP contribution in [0.1, 0.15) is 57.6 Å². The number of hydrogen-bond acceptors (Lipinski definition) is 5. The number of carbonyl (C=O) groups is 2. The average Bonchev–Trinajstić information content (AvgIpc) is 3.24. The summed E-state index contributed by atoms with van der Waals surface area (Å²) in [6.45, 7) is 6.33. The fourth-order valence-corrected chi connectivity index (χ4v) is 3.18. The molecule has 0 amide bonds. The van der Waals surface area contributed by atoms with Crippen LogP contribution < -0.4 is 0 Å². The maximum atomic E-state index is 12.9. The van der Waals surface area contributed by atoms with E-state index in [2.05, 4.69) is 20.4 Å². The van der Waals surface area contributed by atoms with E-state index < -0.39 is 17.8 Å². The molecule has 0 aliphatic carbocycles. The van der Waals surface area contributed by atoms with Crippen LogP contribution in [0.3, 0.4) is 0 Å². The Bertz CT molecular complexity index is 1100. The quantitative estimate of drug-likeness (QED) is 0.649. The molecule has 0 saturated carbocycles. The molecule has 1 atom stereocenters. The Balaban J connectivity index is 1.90. The average molecular weight is 405 g/mol. The number of halogens is 3. The van der Waals surface area contributed by atoms with E-state index in [1.54, 1.807) is 20.8 Å².